The molecule has 0 unspecified atom stereocenters. The van der Waals surface area contributed by atoms with E-state index in [-0.39, 0.29) is 17.2 Å². The van der Waals surface area contributed by atoms with E-state index in [1.165, 1.54) is 18.5 Å². The predicted molar refractivity (Wildman–Crippen MR) is 120 cm³/mol. The topological polar surface area (TPSA) is 123 Å². The van der Waals surface area contributed by atoms with Gasteiger partial charge in [-0.15, -0.1) is 5.10 Å². The average Bonchev–Trinajstić information content (AvgIpc) is 3.28. The van der Waals surface area contributed by atoms with Crippen LogP contribution in [0.1, 0.15) is 15.9 Å². The lowest BCUT2D eigenvalue weighted by atomic mass is 10.1. The first-order valence-corrected chi connectivity index (χ1v) is 10.4. The third-order valence-electron chi connectivity index (χ3n) is 5.69. The number of amides is 1. The number of benzene rings is 2. The molecule has 2 aromatic heterocycles. The van der Waals surface area contributed by atoms with Gasteiger partial charge in [-0.2, -0.15) is 4.68 Å². The normalized spacial score (nSPS) is 14.0. The molecule has 1 aliphatic rings. The second-order valence-corrected chi connectivity index (χ2v) is 7.76. The van der Waals surface area contributed by atoms with Crippen LogP contribution in [0.25, 0.3) is 16.9 Å². The monoisotopic (exact) mass is 444 g/mol. The molecule has 0 radical (unpaired) electrons. The molecular weight excluding hydrogens is 424 g/mol. The van der Waals surface area contributed by atoms with Crippen molar-refractivity contribution in [3.05, 3.63) is 76.1 Å². The van der Waals surface area contributed by atoms with Gasteiger partial charge in [0, 0.05) is 32.2 Å². The quantitative estimate of drug-likeness (QED) is 0.347. The number of nitrogens with zero attached hydrogens (tertiary/aromatic N) is 8. The van der Waals surface area contributed by atoms with E-state index in [2.05, 4.69) is 20.3 Å². The van der Waals surface area contributed by atoms with Crippen molar-refractivity contribution in [2.75, 3.05) is 31.1 Å². The zero-order valence-corrected chi connectivity index (χ0v) is 17.8. The fourth-order valence-electron chi connectivity index (χ4n) is 3.93. The Morgan fingerprint density at radius 2 is 1.73 bits per heavy atom. The third kappa shape index (κ3) is 3.73. The van der Waals surface area contributed by atoms with Crippen LogP contribution in [0.15, 0.2) is 54.9 Å². The van der Waals surface area contributed by atoms with Gasteiger partial charge in [-0.3, -0.25) is 14.9 Å². The highest BCUT2D eigenvalue weighted by molar-refractivity contribution is 5.98. The number of hydrogen-bond donors (Lipinski definition) is 0. The zero-order valence-electron chi connectivity index (χ0n) is 17.8. The van der Waals surface area contributed by atoms with Crippen LogP contribution in [0.5, 0.6) is 0 Å². The summed E-state index contributed by atoms with van der Waals surface area (Å²) in [4.78, 5) is 36.1. The summed E-state index contributed by atoms with van der Waals surface area (Å²) in [6.45, 7) is 3.85. The highest BCUT2D eigenvalue weighted by Crippen LogP contribution is 2.25. The molecule has 166 valence electrons. The lowest BCUT2D eigenvalue weighted by molar-refractivity contribution is -0.385. The van der Waals surface area contributed by atoms with Gasteiger partial charge in [-0.1, -0.05) is 35.0 Å². The molecule has 1 fully saturated rings. The first-order valence-electron chi connectivity index (χ1n) is 10.4. The summed E-state index contributed by atoms with van der Waals surface area (Å²) >= 11 is 0. The van der Waals surface area contributed by atoms with Crippen LogP contribution in [-0.4, -0.2) is 66.9 Å². The Kier molecular flexibility index (Phi) is 5.13. The van der Waals surface area contributed by atoms with E-state index in [1.807, 2.05) is 36.1 Å². The Balaban J connectivity index is 1.36. The fourth-order valence-corrected chi connectivity index (χ4v) is 3.93. The first kappa shape index (κ1) is 20.5. The molecule has 0 bridgehead atoms. The molecule has 4 aromatic rings. The number of fused-ring (bicyclic) bond motifs is 1. The van der Waals surface area contributed by atoms with Crippen molar-refractivity contribution in [2.24, 2.45) is 0 Å². The molecule has 11 nitrogen and oxygen atoms in total. The van der Waals surface area contributed by atoms with Gasteiger partial charge in [0.05, 0.1) is 10.6 Å². The maximum atomic E-state index is 12.9. The van der Waals surface area contributed by atoms with E-state index in [1.54, 1.807) is 21.7 Å². The Labute approximate surface area is 188 Å². The summed E-state index contributed by atoms with van der Waals surface area (Å²) in [5, 5.41) is 19.9. The standard InChI is InChI=1S/C22H20N8O3/c1-15-6-8-16(9-7-15)29-21-19(25-26-29)20(23-14-24-21)27-10-12-28(13-11-27)22(31)17-4-2-3-5-18(17)30(32)33/h2-9,14H,10-13H2,1H3. The average molecular weight is 444 g/mol. The zero-order chi connectivity index (χ0) is 22.9. The minimum Gasteiger partial charge on any atom is -0.351 e. The molecule has 33 heavy (non-hydrogen) atoms. The number of aromatic nitrogens is 5. The molecule has 0 atom stereocenters. The van der Waals surface area contributed by atoms with Crippen LogP contribution in [0, 0.1) is 17.0 Å². The van der Waals surface area contributed by atoms with Gasteiger partial charge in [0.2, 0.25) is 0 Å². The lowest BCUT2D eigenvalue weighted by Crippen LogP contribution is -2.49. The van der Waals surface area contributed by atoms with Crippen LogP contribution in [0.2, 0.25) is 0 Å². The highest BCUT2D eigenvalue weighted by atomic mass is 16.6. The number of piperazine rings is 1. The smallest absolute Gasteiger partial charge is 0.282 e. The minimum absolute atomic E-state index is 0.0985. The number of carbonyl (C=O) groups is 1. The summed E-state index contributed by atoms with van der Waals surface area (Å²) in [6, 6.07) is 13.9. The highest BCUT2D eigenvalue weighted by Gasteiger charge is 2.28. The number of nitro benzene ring substituents is 1. The summed E-state index contributed by atoms with van der Waals surface area (Å²) in [5.74, 6) is 0.302. The second-order valence-electron chi connectivity index (χ2n) is 7.76. The molecule has 0 aliphatic carbocycles. The number of hydrogen-bond acceptors (Lipinski definition) is 8. The Morgan fingerprint density at radius 1 is 1.00 bits per heavy atom. The van der Waals surface area contributed by atoms with E-state index in [0.717, 1.165) is 11.3 Å². The largest absolute Gasteiger partial charge is 0.351 e. The van der Waals surface area contributed by atoms with Gasteiger partial charge >= 0.3 is 0 Å². The Bertz CT molecular complexity index is 1340. The number of nitro groups is 1. The van der Waals surface area contributed by atoms with E-state index in [0.29, 0.717) is 43.2 Å². The van der Waals surface area contributed by atoms with Gasteiger partial charge in [0.1, 0.15) is 11.9 Å². The van der Waals surface area contributed by atoms with E-state index in [4.69, 9.17) is 0 Å². The van der Waals surface area contributed by atoms with Crippen LogP contribution >= 0.6 is 0 Å². The molecule has 0 saturated carbocycles. The van der Waals surface area contributed by atoms with Crippen molar-refractivity contribution in [3.8, 4) is 5.69 Å². The third-order valence-corrected chi connectivity index (χ3v) is 5.69. The van der Waals surface area contributed by atoms with E-state index >= 15 is 0 Å². The van der Waals surface area contributed by atoms with Crippen molar-refractivity contribution in [2.45, 2.75) is 6.92 Å². The number of anilines is 1. The van der Waals surface area contributed by atoms with Gasteiger partial charge in [-0.05, 0) is 25.1 Å². The molecule has 2 aromatic carbocycles. The maximum absolute atomic E-state index is 12.9. The summed E-state index contributed by atoms with van der Waals surface area (Å²) in [6.07, 6.45) is 1.48. The van der Waals surface area contributed by atoms with Crippen molar-refractivity contribution >= 4 is 28.6 Å². The molecule has 5 rings (SSSR count). The SMILES string of the molecule is Cc1ccc(-n2nnc3c(N4CCN(C(=O)c5ccccc5[N+](=O)[O-])CC4)ncnc32)cc1. The minimum atomic E-state index is -0.529. The summed E-state index contributed by atoms with van der Waals surface area (Å²) < 4.78 is 1.67. The van der Waals surface area contributed by atoms with Gasteiger partial charge in [0.15, 0.2) is 17.0 Å². The van der Waals surface area contributed by atoms with Crippen LogP contribution in [0.4, 0.5) is 11.5 Å². The molecule has 0 N–H and O–H groups in total. The number of carbonyl (C=O) groups excluding carboxylic acids is 1. The molecule has 1 amide bonds. The maximum Gasteiger partial charge on any atom is 0.282 e. The fraction of sp³-hybridized carbons (Fsp3) is 0.227. The second kappa shape index (κ2) is 8.26. The molecule has 0 spiro atoms. The number of aryl methyl sites for hydroxylation is 1. The van der Waals surface area contributed by atoms with Crippen molar-refractivity contribution < 1.29 is 9.72 Å². The molecule has 3 heterocycles. The summed E-state index contributed by atoms with van der Waals surface area (Å²) in [5.41, 5.74) is 3.09. The van der Waals surface area contributed by atoms with Crippen LogP contribution in [0.3, 0.4) is 0 Å². The van der Waals surface area contributed by atoms with Gasteiger partial charge in [0.25, 0.3) is 11.6 Å². The predicted octanol–water partition coefficient (Wildman–Crippen LogP) is 2.39. The molecule has 1 saturated heterocycles. The lowest BCUT2D eigenvalue weighted by Gasteiger charge is -2.35. The van der Waals surface area contributed by atoms with Crippen LogP contribution in [-0.2, 0) is 0 Å². The number of para-hydroxylation sites is 1. The Morgan fingerprint density at radius 3 is 2.45 bits per heavy atom. The van der Waals surface area contributed by atoms with E-state index < -0.39 is 4.92 Å². The van der Waals surface area contributed by atoms with E-state index in [9.17, 15) is 14.9 Å². The van der Waals surface area contributed by atoms with Gasteiger partial charge < -0.3 is 9.80 Å². The molecular formula is C22H20N8O3. The first-order chi connectivity index (χ1) is 16.0. The summed E-state index contributed by atoms with van der Waals surface area (Å²) in [7, 11) is 0. The van der Waals surface area contributed by atoms with Crippen molar-refractivity contribution in [3.63, 3.8) is 0 Å². The molecule has 11 heteroatoms. The Hall–Kier alpha value is -4.41. The van der Waals surface area contributed by atoms with Crippen LogP contribution < -0.4 is 4.90 Å². The van der Waals surface area contributed by atoms with Crippen molar-refractivity contribution in [1.82, 2.24) is 29.9 Å². The van der Waals surface area contributed by atoms with Gasteiger partial charge in [-0.25, -0.2) is 9.97 Å². The number of rotatable bonds is 4. The molecule has 1 aliphatic heterocycles. The van der Waals surface area contributed by atoms with Crippen molar-refractivity contribution in [1.29, 1.82) is 0 Å².